The molecule has 0 aliphatic carbocycles. The lowest BCUT2D eigenvalue weighted by Crippen LogP contribution is -2.05. The first-order valence-corrected chi connectivity index (χ1v) is 7.13. The standard InChI is InChI=1S/C15H19NO2S/c1-9-6-14(18-4)10(2)5-12(9)13(17)7-15-16-11(3)8-19-15/h5-6,8,13,17H,7H2,1-4H3. The Morgan fingerprint density at radius 2 is 2.00 bits per heavy atom. The molecule has 0 radical (unpaired) electrons. The maximum Gasteiger partial charge on any atom is 0.122 e. The second-order valence-electron chi connectivity index (χ2n) is 4.78. The topological polar surface area (TPSA) is 42.4 Å². The van der Waals surface area contributed by atoms with Crippen LogP contribution < -0.4 is 4.74 Å². The van der Waals surface area contributed by atoms with Crippen LogP contribution in [0.25, 0.3) is 0 Å². The summed E-state index contributed by atoms with van der Waals surface area (Å²) in [7, 11) is 1.66. The van der Waals surface area contributed by atoms with Crippen LogP contribution in [0, 0.1) is 20.8 Å². The number of aliphatic hydroxyl groups excluding tert-OH is 1. The molecule has 0 saturated heterocycles. The summed E-state index contributed by atoms with van der Waals surface area (Å²) >= 11 is 1.59. The molecule has 2 rings (SSSR count). The third-order valence-corrected chi connectivity index (χ3v) is 4.17. The average Bonchev–Trinajstić information content (AvgIpc) is 2.77. The number of benzene rings is 1. The molecule has 1 atom stereocenters. The van der Waals surface area contributed by atoms with Crippen molar-refractivity contribution in [2.24, 2.45) is 0 Å². The Morgan fingerprint density at radius 3 is 2.58 bits per heavy atom. The van der Waals surface area contributed by atoms with Crippen LogP contribution in [0.1, 0.15) is 33.5 Å². The van der Waals surface area contributed by atoms with Crippen molar-refractivity contribution >= 4 is 11.3 Å². The van der Waals surface area contributed by atoms with Crippen LogP contribution in [0.5, 0.6) is 5.75 Å². The van der Waals surface area contributed by atoms with E-state index >= 15 is 0 Å². The summed E-state index contributed by atoms with van der Waals surface area (Å²) in [6, 6.07) is 3.97. The van der Waals surface area contributed by atoms with Crippen molar-refractivity contribution in [3.8, 4) is 5.75 Å². The van der Waals surface area contributed by atoms with Gasteiger partial charge in [0.1, 0.15) is 5.75 Å². The highest BCUT2D eigenvalue weighted by molar-refractivity contribution is 7.09. The van der Waals surface area contributed by atoms with Crippen LogP contribution in [0.4, 0.5) is 0 Å². The Morgan fingerprint density at radius 1 is 1.26 bits per heavy atom. The van der Waals surface area contributed by atoms with Crippen molar-refractivity contribution in [2.75, 3.05) is 7.11 Å². The number of aromatic nitrogens is 1. The Hall–Kier alpha value is -1.39. The summed E-state index contributed by atoms with van der Waals surface area (Å²) in [4.78, 5) is 4.40. The Bertz CT molecular complexity index is 578. The van der Waals surface area contributed by atoms with Gasteiger partial charge in [0.25, 0.3) is 0 Å². The number of nitrogens with zero attached hydrogens (tertiary/aromatic N) is 1. The fraction of sp³-hybridized carbons (Fsp3) is 0.400. The molecule has 0 aliphatic heterocycles. The van der Waals surface area contributed by atoms with Crippen LogP contribution in [-0.2, 0) is 6.42 Å². The number of ether oxygens (including phenoxy) is 1. The summed E-state index contributed by atoms with van der Waals surface area (Å²) in [5.74, 6) is 0.860. The van der Waals surface area contributed by atoms with E-state index in [0.29, 0.717) is 6.42 Å². The molecule has 3 nitrogen and oxygen atoms in total. The van der Waals surface area contributed by atoms with E-state index in [1.165, 1.54) is 0 Å². The summed E-state index contributed by atoms with van der Waals surface area (Å²) in [6.45, 7) is 5.95. The van der Waals surface area contributed by atoms with E-state index in [1.807, 2.05) is 38.3 Å². The van der Waals surface area contributed by atoms with Gasteiger partial charge in [0.2, 0.25) is 0 Å². The quantitative estimate of drug-likeness (QED) is 0.932. The molecule has 0 spiro atoms. The number of aliphatic hydroxyl groups is 1. The zero-order valence-electron chi connectivity index (χ0n) is 11.7. The maximum absolute atomic E-state index is 10.4. The zero-order chi connectivity index (χ0) is 14.0. The minimum absolute atomic E-state index is 0.518. The van der Waals surface area contributed by atoms with Gasteiger partial charge in [-0.3, -0.25) is 0 Å². The smallest absolute Gasteiger partial charge is 0.122 e. The third-order valence-electron chi connectivity index (χ3n) is 3.18. The monoisotopic (exact) mass is 277 g/mol. The minimum atomic E-state index is -0.518. The molecule has 0 bridgehead atoms. The van der Waals surface area contributed by atoms with E-state index in [9.17, 15) is 5.11 Å². The van der Waals surface area contributed by atoms with Gasteiger partial charge < -0.3 is 9.84 Å². The van der Waals surface area contributed by atoms with E-state index in [1.54, 1.807) is 18.4 Å². The molecule has 1 aromatic carbocycles. The van der Waals surface area contributed by atoms with E-state index in [-0.39, 0.29) is 0 Å². The molecule has 1 unspecified atom stereocenters. The van der Waals surface area contributed by atoms with Crippen molar-refractivity contribution < 1.29 is 9.84 Å². The molecule has 0 saturated carbocycles. The highest BCUT2D eigenvalue weighted by atomic mass is 32.1. The van der Waals surface area contributed by atoms with Crippen molar-refractivity contribution in [3.05, 3.63) is 44.9 Å². The van der Waals surface area contributed by atoms with Crippen molar-refractivity contribution in [2.45, 2.75) is 33.3 Å². The summed E-state index contributed by atoms with van der Waals surface area (Å²) in [5.41, 5.74) is 4.04. The van der Waals surface area contributed by atoms with Gasteiger partial charge in [-0.1, -0.05) is 0 Å². The lowest BCUT2D eigenvalue weighted by molar-refractivity contribution is 0.177. The van der Waals surface area contributed by atoms with Crippen LogP contribution in [0.3, 0.4) is 0 Å². The molecule has 1 N–H and O–H groups in total. The lowest BCUT2D eigenvalue weighted by atomic mass is 9.98. The fourth-order valence-corrected chi connectivity index (χ4v) is 2.97. The molecule has 0 aliphatic rings. The number of methoxy groups -OCH3 is 1. The predicted octanol–water partition coefficient (Wildman–Crippen LogP) is 3.35. The SMILES string of the molecule is COc1cc(C)c(C(O)Cc2nc(C)cs2)cc1C. The molecule has 1 heterocycles. The van der Waals surface area contributed by atoms with Gasteiger partial charge in [0.05, 0.1) is 18.2 Å². The van der Waals surface area contributed by atoms with Crippen molar-refractivity contribution in [1.82, 2.24) is 4.98 Å². The van der Waals surface area contributed by atoms with Gasteiger partial charge in [0, 0.05) is 17.5 Å². The molecule has 102 valence electrons. The average molecular weight is 277 g/mol. The molecular formula is C15H19NO2S. The minimum Gasteiger partial charge on any atom is -0.496 e. The van der Waals surface area contributed by atoms with Crippen LogP contribution >= 0.6 is 11.3 Å². The molecule has 1 aromatic heterocycles. The van der Waals surface area contributed by atoms with E-state index < -0.39 is 6.10 Å². The lowest BCUT2D eigenvalue weighted by Gasteiger charge is -2.15. The molecule has 0 fully saturated rings. The zero-order valence-corrected chi connectivity index (χ0v) is 12.5. The molecule has 0 amide bonds. The number of rotatable bonds is 4. The highest BCUT2D eigenvalue weighted by Gasteiger charge is 2.15. The first kappa shape index (κ1) is 14.0. The summed E-state index contributed by atoms with van der Waals surface area (Å²) in [6.07, 6.45) is 0.0423. The summed E-state index contributed by atoms with van der Waals surface area (Å²) in [5, 5.41) is 13.4. The number of thiazole rings is 1. The molecule has 2 aromatic rings. The van der Waals surface area contributed by atoms with Gasteiger partial charge in [-0.25, -0.2) is 4.98 Å². The van der Waals surface area contributed by atoms with Gasteiger partial charge in [0.15, 0.2) is 0 Å². The Labute approximate surface area is 117 Å². The Kier molecular flexibility index (Phi) is 4.22. The second-order valence-corrected chi connectivity index (χ2v) is 5.72. The third kappa shape index (κ3) is 3.14. The van der Waals surface area contributed by atoms with Crippen LogP contribution in [0.2, 0.25) is 0 Å². The first-order chi connectivity index (χ1) is 9.01. The van der Waals surface area contributed by atoms with Crippen molar-refractivity contribution in [1.29, 1.82) is 0 Å². The molecule has 4 heteroatoms. The van der Waals surface area contributed by atoms with Gasteiger partial charge >= 0.3 is 0 Å². The maximum atomic E-state index is 10.4. The van der Waals surface area contributed by atoms with Gasteiger partial charge in [-0.15, -0.1) is 11.3 Å². The Balaban J connectivity index is 2.23. The second kappa shape index (κ2) is 5.72. The molecule has 19 heavy (non-hydrogen) atoms. The number of hydrogen-bond acceptors (Lipinski definition) is 4. The van der Waals surface area contributed by atoms with Crippen LogP contribution in [0.15, 0.2) is 17.5 Å². The number of hydrogen-bond donors (Lipinski definition) is 1. The van der Waals surface area contributed by atoms with E-state index in [4.69, 9.17) is 4.74 Å². The molecular weight excluding hydrogens is 258 g/mol. The van der Waals surface area contributed by atoms with Crippen molar-refractivity contribution in [3.63, 3.8) is 0 Å². The van der Waals surface area contributed by atoms with E-state index in [2.05, 4.69) is 4.98 Å². The van der Waals surface area contributed by atoms with Gasteiger partial charge in [-0.2, -0.15) is 0 Å². The van der Waals surface area contributed by atoms with E-state index in [0.717, 1.165) is 33.1 Å². The summed E-state index contributed by atoms with van der Waals surface area (Å²) < 4.78 is 5.29. The van der Waals surface area contributed by atoms with Crippen LogP contribution in [-0.4, -0.2) is 17.2 Å². The normalized spacial score (nSPS) is 12.5. The number of aryl methyl sites for hydroxylation is 3. The first-order valence-electron chi connectivity index (χ1n) is 6.25. The fourth-order valence-electron chi connectivity index (χ4n) is 2.16. The van der Waals surface area contributed by atoms with Gasteiger partial charge in [-0.05, 0) is 49.6 Å². The largest absolute Gasteiger partial charge is 0.496 e. The highest BCUT2D eigenvalue weighted by Crippen LogP contribution is 2.28. The predicted molar refractivity (Wildman–Crippen MR) is 78.0 cm³/mol.